The number of nitrogens with one attached hydrogen (secondary N) is 2. The number of aromatic nitrogens is 2. The first kappa shape index (κ1) is 21.4. The predicted molar refractivity (Wildman–Crippen MR) is 142 cm³/mol. The molecule has 0 bridgehead atoms. The number of piperazine rings is 1. The summed E-state index contributed by atoms with van der Waals surface area (Å²) in [6.07, 6.45) is 0.805. The van der Waals surface area contributed by atoms with Crippen LogP contribution >= 0.6 is 0 Å². The molecule has 2 fully saturated rings. The lowest BCUT2D eigenvalue weighted by molar-refractivity contribution is -0.118. The fraction of sp³-hybridized carbons (Fsp3) is 0.310. The molecule has 1 amide bonds. The van der Waals surface area contributed by atoms with Crippen LogP contribution in [-0.4, -0.2) is 61.3 Å². The number of amides is 1. The third kappa shape index (κ3) is 3.15. The fourth-order valence-electron chi connectivity index (χ4n) is 6.07. The number of carbonyl (C=O) groups is 1. The summed E-state index contributed by atoms with van der Waals surface area (Å²) < 4.78 is 5.43. The number of ether oxygens (including phenoxy) is 1. The van der Waals surface area contributed by atoms with Gasteiger partial charge in [0.15, 0.2) is 0 Å². The second kappa shape index (κ2) is 7.83. The molecule has 2 atom stereocenters. The van der Waals surface area contributed by atoms with E-state index in [0.717, 1.165) is 77.3 Å². The van der Waals surface area contributed by atoms with Gasteiger partial charge in [0.2, 0.25) is 5.91 Å². The normalized spacial score (nSPS) is 23.2. The van der Waals surface area contributed by atoms with E-state index >= 15 is 0 Å². The number of nitrogens with zero attached hydrogens (tertiary/aromatic N) is 3. The van der Waals surface area contributed by atoms with Crippen LogP contribution in [0, 0.1) is 0 Å². The number of aromatic amines is 1. The maximum absolute atomic E-state index is 13.0. The van der Waals surface area contributed by atoms with Crippen LogP contribution in [-0.2, 0) is 10.2 Å². The van der Waals surface area contributed by atoms with Crippen LogP contribution in [0.25, 0.3) is 22.2 Å². The summed E-state index contributed by atoms with van der Waals surface area (Å²) >= 11 is 0. The summed E-state index contributed by atoms with van der Waals surface area (Å²) in [6.45, 7) is 4.30. The van der Waals surface area contributed by atoms with Gasteiger partial charge in [-0.1, -0.05) is 24.3 Å². The standard InChI is InChI=1S/C29H29N5O2/c1-33-11-13-34(14-12-33)20-6-3-18(4-7-20)27-22-9-5-19(15-26(22)31-32-27)24-17-29(24)23-16-21(36-2)8-10-25(23)30-28(29)35/h3-10,15-16,24H,11-14,17H2,1-2H3,(H,30,35)(H,31,32). The summed E-state index contributed by atoms with van der Waals surface area (Å²) in [5.74, 6) is 1.01. The zero-order valence-corrected chi connectivity index (χ0v) is 20.5. The van der Waals surface area contributed by atoms with Gasteiger partial charge < -0.3 is 19.9 Å². The second-order valence-electron chi connectivity index (χ2n) is 10.3. The molecule has 1 saturated carbocycles. The molecule has 4 aromatic rings. The van der Waals surface area contributed by atoms with Crippen molar-refractivity contribution in [2.45, 2.75) is 17.8 Å². The summed E-state index contributed by atoms with van der Waals surface area (Å²) in [5.41, 5.74) is 6.92. The number of methoxy groups -OCH3 is 1. The van der Waals surface area contributed by atoms with Crippen molar-refractivity contribution in [3.8, 4) is 17.0 Å². The molecular formula is C29H29N5O2. The van der Waals surface area contributed by atoms with Crippen LogP contribution < -0.4 is 15.0 Å². The average molecular weight is 480 g/mol. The van der Waals surface area contributed by atoms with Gasteiger partial charge in [-0.15, -0.1) is 0 Å². The Morgan fingerprint density at radius 2 is 1.81 bits per heavy atom. The van der Waals surface area contributed by atoms with Gasteiger partial charge >= 0.3 is 0 Å². The number of benzene rings is 3. The van der Waals surface area contributed by atoms with Gasteiger partial charge in [0.05, 0.1) is 23.7 Å². The van der Waals surface area contributed by atoms with Crippen LogP contribution in [0.5, 0.6) is 5.75 Å². The number of H-pyrrole nitrogens is 1. The summed E-state index contributed by atoms with van der Waals surface area (Å²) in [4.78, 5) is 17.8. The lowest BCUT2D eigenvalue weighted by Gasteiger charge is -2.34. The van der Waals surface area contributed by atoms with Crippen LogP contribution in [0.4, 0.5) is 11.4 Å². The first-order valence-corrected chi connectivity index (χ1v) is 12.6. The minimum atomic E-state index is -0.501. The van der Waals surface area contributed by atoms with Gasteiger partial charge in [-0.05, 0) is 61.0 Å². The van der Waals surface area contributed by atoms with E-state index in [1.54, 1.807) is 7.11 Å². The Labute approximate surface area is 210 Å². The summed E-state index contributed by atoms with van der Waals surface area (Å²) in [6, 6.07) is 21.0. The highest BCUT2D eigenvalue weighted by molar-refractivity contribution is 6.10. The Balaban J connectivity index is 1.16. The largest absolute Gasteiger partial charge is 0.497 e. The van der Waals surface area contributed by atoms with E-state index in [-0.39, 0.29) is 11.8 Å². The highest BCUT2D eigenvalue weighted by Gasteiger charge is 2.65. The molecule has 7 nitrogen and oxygen atoms in total. The second-order valence-corrected chi connectivity index (χ2v) is 10.3. The Morgan fingerprint density at radius 1 is 1.00 bits per heavy atom. The average Bonchev–Trinajstić information content (AvgIpc) is 3.44. The van der Waals surface area contributed by atoms with E-state index < -0.39 is 5.41 Å². The minimum absolute atomic E-state index is 0.0848. The molecule has 1 aliphatic carbocycles. The zero-order valence-electron chi connectivity index (χ0n) is 20.5. The van der Waals surface area contributed by atoms with Gasteiger partial charge in [0.1, 0.15) is 5.75 Å². The van der Waals surface area contributed by atoms with E-state index in [1.807, 2.05) is 18.2 Å². The molecule has 3 aliphatic rings. The number of likely N-dealkylation sites (N-methyl/N-ethyl adjacent to an activating group) is 1. The summed E-state index contributed by atoms with van der Waals surface area (Å²) in [5, 5.41) is 12.1. The molecule has 1 saturated heterocycles. The Bertz CT molecular complexity index is 1490. The third-order valence-corrected chi connectivity index (χ3v) is 8.32. The van der Waals surface area contributed by atoms with E-state index in [4.69, 9.17) is 4.74 Å². The van der Waals surface area contributed by atoms with Crippen LogP contribution in [0.2, 0.25) is 0 Å². The molecule has 2 unspecified atom stereocenters. The van der Waals surface area contributed by atoms with Crippen molar-refractivity contribution in [1.29, 1.82) is 0 Å². The number of carbonyl (C=O) groups excluding carboxylic acids is 1. The smallest absolute Gasteiger partial charge is 0.235 e. The van der Waals surface area contributed by atoms with Crippen molar-refractivity contribution in [3.63, 3.8) is 0 Å². The van der Waals surface area contributed by atoms with Crippen molar-refractivity contribution in [2.75, 3.05) is 50.6 Å². The summed E-state index contributed by atoms with van der Waals surface area (Å²) in [7, 11) is 3.84. The minimum Gasteiger partial charge on any atom is -0.497 e. The SMILES string of the molecule is COc1ccc2c(c1)C1(CC1c1ccc3c(-c4ccc(N5CCN(C)CC5)cc4)n[nH]c3c1)C(=O)N2. The van der Waals surface area contributed by atoms with Crippen molar-refractivity contribution in [1.82, 2.24) is 15.1 Å². The first-order chi connectivity index (χ1) is 17.6. The Morgan fingerprint density at radius 3 is 2.58 bits per heavy atom. The predicted octanol–water partition coefficient (Wildman–Crippen LogP) is 4.37. The lowest BCUT2D eigenvalue weighted by Crippen LogP contribution is -2.44. The van der Waals surface area contributed by atoms with Gasteiger partial charge in [0, 0.05) is 54.4 Å². The van der Waals surface area contributed by atoms with Crippen molar-refractivity contribution in [3.05, 3.63) is 71.8 Å². The quantitative estimate of drug-likeness (QED) is 0.455. The van der Waals surface area contributed by atoms with Gasteiger partial charge in [-0.3, -0.25) is 9.89 Å². The van der Waals surface area contributed by atoms with Crippen molar-refractivity contribution >= 4 is 28.2 Å². The molecule has 2 aliphatic heterocycles. The molecule has 0 radical (unpaired) electrons. The van der Waals surface area contributed by atoms with Crippen LogP contribution in [0.3, 0.4) is 0 Å². The van der Waals surface area contributed by atoms with Crippen molar-refractivity contribution < 1.29 is 9.53 Å². The number of fused-ring (bicyclic) bond motifs is 3. The molecule has 3 aromatic carbocycles. The van der Waals surface area contributed by atoms with Crippen LogP contribution in [0.15, 0.2) is 60.7 Å². The maximum Gasteiger partial charge on any atom is 0.235 e. The fourth-order valence-corrected chi connectivity index (χ4v) is 6.07. The van der Waals surface area contributed by atoms with Gasteiger partial charge in [0.25, 0.3) is 0 Å². The molecule has 1 spiro atoms. The monoisotopic (exact) mass is 479 g/mol. The Kier molecular flexibility index (Phi) is 4.66. The molecule has 182 valence electrons. The van der Waals surface area contributed by atoms with E-state index in [2.05, 4.69) is 74.8 Å². The molecule has 3 heterocycles. The molecular weight excluding hydrogens is 450 g/mol. The molecule has 7 rings (SSSR count). The van der Waals surface area contributed by atoms with E-state index in [1.165, 1.54) is 5.69 Å². The third-order valence-electron chi connectivity index (χ3n) is 8.32. The number of anilines is 2. The van der Waals surface area contributed by atoms with E-state index in [9.17, 15) is 4.79 Å². The van der Waals surface area contributed by atoms with Crippen molar-refractivity contribution in [2.24, 2.45) is 0 Å². The highest BCUT2D eigenvalue weighted by atomic mass is 16.5. The van der Waals surface area contributed by atoms with Crippen LogP contribution in [0.1, 0.15) is 23.5 Å². The first-order valence-electron chi connectivity index (χ1n) is 12.6. The zero-order chi connectivity index (χ0) is 24.4. The maximum atomic E-state index is 13.0. The highest BCUT2D eigenvalue weighted by Crippen LogP contribution is 2.65. The number of hydrogen-bond acceptors (Lipinski definition) is 5. The Hall–Kier alpha value is -3.84. The molecule has 2 N–H and O–H groups in total. The number of rotatable bonds is 4. The lowest BCUT2D eigenvalue weighted by atomic mass is 9.91. The van der Waals surface area contributed by atoms with Gasteiger partial charge in [-0.2, -0.15) is 5.10 Å². The topological polar surface area (TPSA) is 73.5 Å². The molecule has 1 aromatic heterocycles. The molecule has 7 heteroatoms. The number of hydrogen-bond donors (Lipinski definition) is 2. The molecule has 36 heavy (non-hydrogen) atoms. The van der Waals surface area contributed by atoms with Gasteiger partial charge in [-0.25, -0.2) is 0 Å². The van der Waals surface area contributed by atoms with E-state index in [0.29, 0.717) is 0 Å².